The van der Waals surface area contributed by atoms with Crippen molar-refractivity contribution in [2.24, 2.45) is 11.7 Å². The summed E-state index contributed by atoms with van der Waals surface area (Å²) in [5, 5.41) is 7.14. The summed E-state index contributed by atoms with van der Waals surface area (Å²) in [5.74, 6) is 1.47. The van der Waals surface area contributed by atoms with Crippen LogP contribution in [-0.2, 0) is 0 Å². The van der Waals surface area contributed by atoms with Gasteiger partial charge in [0.25, 0.3) is 0 Å². The molecule has 2 atom stereocenters. The number of nitrogens with zero attached hydrogens (tertiary/aromatic N) is 3. The third-order valence-electron chi connectivity index (χ3n) is 4.09. The largest absolute Gasteiger partial charge is 0.338 e. The van der Waals surface area contributed by atoms with Crippen molar-refractivity contribution in [1.29, 1.82) is 0 Å². The van der Waals surface area contributed by atoms with Gasteiger partial charge in [0.1, 0.15) is 5.82 Å². The Kier molecular flexibility index (Phi) is 3.63. The molecule has 2 aromatic rings. The summed E-state index contributed by atoms with van der Waals surface area (Å²) in [4.78, 5) is 6.56. The molecule has 1 aliphatic rings. The Hall–Kier alpha value is -1.95. The molecule has 0 spiro atoms. The molecule has 21 heavy (non-hydrogen) atoms. The first-order valence-electron chi connectivity index (χ1n) is 7.23. The molecule has 0 amide bonds. The lowest BCUT2D eigenvalue weighted by Gasteiger charge is -2.34. The van der Waals surface area contributed by atoms with Crippen LogP contribution in [-0.4, -0.2) is 34.3 Å². The lowest BCUT2D eigenvalue weighted by molar-refractivity contribution is 0.376. The Labute approximate surface area is 123 Å². The zero-order valence-corrected chi connectivity index (χ0v) is 12.3. The van der Waals surface area contributed by atoms with Gasteiger partial charge in [-0.25, -0.2) is 4.39 Å². The van der Waals surface area contributed by atoms with Gasteiger partial charge >= 0.3 is 0 Å². The molecule has 0 saturated carbocycles. The summed E-state index contributed by atoms with van der Waals surface area (Å²) < 4.78 is 13.5. The summed E-state index contributed by atoms with van der Waals surface area (Å²) in [6.45, 7) is 5.67. The minimum atomic E-state index is -0.267. The van der Waals surface area contributed by atoms with Crippen LogP contribution < -0.4 is 10.6 Å². The monoisotopic (exact) mass is 289 g/mol. The zero-order valence-electron chi connectivity index (χ0n) is 12.3. The first-order valence-corrected chi connectivity index (χ1v) is 7.23. The summed E-state index contributed by atoms with van der Waals surface area (Å²) in [5.41, 5.74) is 7.67. The predicted molar refractivity (Wildman–Crippen MR) is 80.5 cm³/mol. The first kappa shape index (κ1) is 14.0. The van der Waals surface area contributed by atoms with Crippen molar-refractivity contribution in [3.8, 4) is 11.4 Å². The van der Waals surface area contributed by atoms with Crippen LogP contribution in [0.5, 0.6) is 0 Å². The molecular formula is C15H20FN5. The number of aryl methyl sites for hydroxylation is 1. The Morgan fingerprint density at radius 3 is 2.90 bits per heavy atom. The molecule has 5 nitrogen and oxygen atoms in total. The predicted octanol–water partition coefficient (Wildman–Crippen LogP) is 2.09. The SMILES string of the molecule is Cc1cc(F)cc(-c2nc(N3CCC(C)C(N)C3)n[nH]2)c1. The molecule has 3 N–H and O–H groups in total. The highest BCUT2D eigenvalue weighted by molar-refractivity contribution is 5.57. The molecule has 0 aliphatic carbocycles. The van der Waals surface area contributed by atoms with E-state index in [4.69, 9.17) is 5.73 Å². The topological polar surface area (TPSA) is 70.8 Å². The van der Waals surface area contributed by atoms with Crippen molar-refractivity contribution in [2.45, 2.75) is 26.3 Å². The van der Waals surface area contributed by atoms with Gasteiger partial charge in [-0.3, -0.25) is 5.10 Å². The van der Waals surface area contributed by atoms with Crippen LogP contribution in [0.15, 0.2) is 18.2 Å². The van der Waals surface area contributed by atoms with Crippen molar-refractivity contribution in [2.75, 3.05) is 18.0 Å². The number of nitrogens with two attached hydrogens (primary N) is 1. The molecule has 1 aromatic carbocycles. The van der Waals surface area contributed by atoms with Gasteiger partial charge in [-0.1, -0.05) is 6.92 Å². The molecule has 3 rings (SSSR count). The smallest absolute Gasteiger partial charge is 0.245 e. The zero-order chi connectivity index (χ0) is 15.0. The highest BCUT2D eigenvalue weighted by Crippen LogP contribution is 2.23. The van der Waals surface area contributed by atoms with Crippen LogP contribution in [0.4, 0.5) is 10.3 Å². The maximum atomic E-state index is 13.5. The second kappa shape index (κ2) is 5.44. The second-order valence-electron chi connectivity index (χ2n) is 5.88. The number of H-pyrrole nitrogens is 1. The molecule has 0 bridgehead atoms. The maximum Gasteiger partial charge on any atom is 0.245 e. The maximum absolute atomic E-state index is 13.5. The Morgan fingerprint density at radius 2 is 2.19 bits per heavy atom. The van der Waals surface area contributed by atoms with Crippen molar-refractivity contribution in [3.63, 3.8) is 0 Å². The lowest BCUT2D eigenvalue weighted by atomic mass is 9.95. The number of rotatable bonds is 2. The van der Waals surface area contributed by atoms with Gasteiger partial charge in [-0.2, -0.15) is 4.98 Å². The van der Waals surface area contributed by atoms with Gasteiger partial charge in [0.2, 0.25) is 5.95 Å². The third kappa shape index (κ3) is 2.90. The number of anilines is 1. The Balaban J connectivity index is 1.83. The van der Waals surface area contributed by atoms with E-state index in [1.165, 1.54) is 12.1 Å². The second-order valence-corrected chi connectivity index (χ2v) is 5.88. The summed E-state index contributed by atoms with van der Waals surface area (Å²) in [6, 6.07) is 4.97. The molecule has 1 aliphatic heterocycles. The molecule has 0 radical (unpaired) electrons. The van der Waals surface area contributed by atoms with E-state index in [1.807, 2.05) is 13.0 Å². The fourth-order valence-electron chi connectivity index (χ4n) is 2.68. The van der Waals surface area contributed by atoms with E-state index in [0.717, 1.165) is 25.1 Å². The normalized spacial score (nSPS) is 22.6. The minimum Gasteiger partial charge on any atom is -0.338 e. The number of nitrogens with one attached hydrogen (secondary N) is 1. The number of halogens is 1. The number of hydrogen-bond donors (Lipinski definition) is 2. The average molecular weight is 289 g/mol. The van der Waals surface area contributed by atoms with Gasteiger partial charge in [0.05, 0.1) is 0 Å². The molecule has 1 saturated heterocycles. The van der Waals surface area contributed by atoms with Gasteiger partial charge in [-0.15, -0.1) is 5.10 Å². The van der Waals surface area contributed by atoms with E-state index in [0.29, 0.717) is 23.3 Å². The van der Waals surface area contributed by atoms with Gasteiger partial charge in [-0.05, 0) is 43.0 Å². The Bertz CT molecular complexity index is 618. The van der Waals surface area contributed by atoms with Crippen LogP contribution in [0.1, 0.15) is 18.9 Å². The van der Waals surface area contributed by atoms with Gasteiger partial charge < -0.3 is 10.6 Å². The van der Waals surface area contributed by atoms with Gasteiger partial charge in [0, 0.05) is 24.7 Å². The fourth-order valence-corrected chi connectivity index (χ4v) is 2.68. The van der Waals surface area contributed by atoms with E-state index < -0.39 is 0 Å². The Morgan fingerprint density at radius 1 is 1.38 bits per heavy atom. The summed E-state index contributed by atoms with van der Waals surface area (Å²) in [6.07, 6.45) is 1.03. The van der Waals surface area contributed by atoms with E-state index in [-0.39, 0.29) is 11.9 Å². The molecule has 6 heteroatoms. The molecule has 2 heterocycles. The molecule has 1 aromatic heterocycles. The summed E-state index contributed by atoms with van der Waals surface area (Å²) >= 11 is 0. The fraction of sp³-hybridized carbons (Fsp3) is 0.467. The third-order valence-corrected chi connectivity index (χ3v) is 4.09. The van der Waals surface area contributed by atoms with Crippen LogP contribution in [0, 0.1) is 18.7 Å². The molecule has 2 unspecified atom stereocenters. The number of aromatic nitrogens is 3. The number of hydrogen-bond acceptors (Lipinski definition) is 4. The van der Waals surface area contributed by atoms with E-state index in [2.05, 4.69) is 27.0 Å². The standard InChI is InChI=1S/C15H20FN5/c1-9-5-11(7-12(16)6-9)14-18-15(20-19-14)21-4-3-10(2)13(17)8-21/h5-7,10,13H,3-4,8,17H2,1-2H3,(H,18,19,20). The highest BCUT2D eigenvalue weighted by Gasteiger charge is 2.25. The molecule has 112 valence electrons. The van der Waals surface area contributed by atoms with Crippen LogP contribution in [0.3, 0.4) is 0 Å². The van der Waals surface area contributed by atoms with E-state index >= 15 is 0 Å². The molecule has 1 fully saturated rings. The van der Waals surface area contributed by atoms with Crippen LogP contribution >= 0.6 is 0 Å². The average Bonchev–Trinajstić information content (AvgIpc) is 2.90. The van der Waals surface area contributed by atoms with Gasteiger partial charge in [0.15, 0.2) is 5.82 Å². The van der Waals surface area contributed by atoms with E-state index in [1.54, 1.807) is 0 Å². The quantitative estimate of drug-likeness (QED) is 0.888. The van der Waals surface area contributed by atoms with Crippen molar-refractivity contribution < 1.29 is 4.39 Å². The lowest BCUT2D eigenvalue weighted by Crippen LogP contribution is -2.48. The van der Waals surface area contributed by atoms with Crippen molar-refractivity contribution >= 4 is 5.95 Å². The number of aromatic amines is 1. The summed E-state index contributed by atoms with van der Waals surface area (Å²) in [7, 11) is 0. The highest BCUT2D eigenvalue weighted by atomic mass is 19.1. The molecular weight excluding hydrogens is 269 g/mol. The van der Waals surface area contributed by atoms with Crippen LogP contribution in [0.2, 0.25) is 0 Å². The number of benzene rings is 1. The van der Waals surface area contributed by atoms with E-state index in [9.17, 15) is 4.39 Å². The first-order chi connectivity index (χ1) is 10.0. The minimum absolute atomic E-state index is 0.136. The van der Waals surface area contributed by atoms with Crippen LogP contribution in [0.25, 0.3) is 11.4 Å². The van der Waals surface area contributed by atoms with Crippen molar-refractivity contribution in [1.82, 2.24) is 15.2 Å². The van der Waals surface area contributed by atoms with Crippen molar-refractivity contribution in [3.05, 3.63) is 29.6 Å². The number of piperidine rings is 1.